The molecule has 0 radical (unpaired) electrons. The van der Waals surface area contributed by atoms with Gasteiger partial charge in [0.2, 0.25) is 0 Å². The van der Waals surface area contributed by atoms with E-state index in [1.165, 1.54) is 7.11 Å². The van der Waals surface area contributed by atoms with Crippen molar-refractivity contribution in [1.29, 1.82) is 0 Å². The molecule has 8 heteroatoms. The zero-order valence-corrected chi connectivity index (χ0v) is 13.3. The molecule has 0 N–H and O–H groups in total. The van der Waals surface area contributed by atoms with Crippen LogP contribution in [0.5, 0.6) is 0 Å². The maximum Gasteiger partial charge on any atom is 0.313 e. The van der Waals surface area contributed by atoms with Crippen molar-refractivity contribution in [2.75, 3.05) is 20.0 Å². The van der Waals surface area contributed by atoms with Crippen LogP contribution in [0.2, 0.25) is 0 Å². The molecule has 20 heavy (non-hydrogen) atoms. The van der Waals surface area contributed by atoms with Crippen LogP contribution in [0.25, 0.3) is 0 Å². The molecule has 0 aromatic heterocycles. The van der Waals surface area contributed by atoms with Gasteiger partial charge in [-0.2, -0.15) is 8.42 Å². The van der Waals surface area contributed by atoms with Crippen LogP contribution in [0.15, 0.2) is 0 Å². The Kier molecular flexibility index (Phi) is 7.32. The molecule has 7 nitrogen and oxygen atoms in total. The molecule has 1 atom stereocenters. The summed E-state index contributed by atoms with van der Waals surface area (Å²) >= 11 is 0. The maximum atomic E-state index is 11.8. The summed E-state index contributed by atoms with van der Waals surface area (Å²) in [6, 6.07) is 0. The fraction of sp³-hybridized carbons (Fsp3) is 0.833. The normalized spacial score (nSPS) is 13.8. The van der Waals surface area contributed by atoms with E-state index in [9.17, 15) is 18.0 Å². The van der Waals surface area contributed by atoms with Crippen LogP contribution in [-0.2, 0) is 33.4 Å². The predicted molar refractivity (Wildman–Crippen MR) is 71.7 cm³/mol. The molecule has 1 unspecified atom stereocenters. The topological polar surface area (TPSA) is 96.0 Å². The Morgan fingerprint density at radius 1 is 1.20 bits per heavy atom. The largest absolute Gasteiger partial charge is 0.460 e. The van der Waals surface area contributed by atoms with Crippen LogP contribution in [0.3, 0.4) is 0 Å². The molecule has 0 aliphatic rings. The molecule has 0 spiro atoms. The summed E-state index contributed by atoms with van der Waals surface area (Å²) in [4.78, 5) is 23.3. The summed E-state index contributed by atoms with van der Waals surface area (Å²) in [5, 5.41) is 0. The molecule has 0 saturated carbocycles. The third kappa shape index (κ3) is 9.88. The van der Waals surface area contributed by atoms with E-state index in [1.807, 2.05) is 0 Å². The van der Waals surface area contributed by atoms with E-state index >= 15 is 0 Å². The Bertz CT molecular complexity index is 433. The zero-order valence-electron chi connectivity index (χ0n) is 12.5. The number of ether oxygens (including phenoxy) is 2. The minimum absolute atomic E-state index is 0.0468. The lowest BCUT2D eigenvalue weighted by atomic mass is 10.1. The van der Waals surface area contributed by atoms with Crippen LogP contribution in [0, 0.1) is 0 Å². The highest BCUT2D eigenvalue weighted by molar-refractivity contribution is 7.85. The molecule has 0 amide bonds. The number of hydrogen-bond acceptors (Lipinski definition) is 7. The number of ketones is 1. The fourth-order valence-corrected chi connectivity index (χ4v) is 1.75. The van der Waals surface area contributed by atoms with Gasteiger partial charge >= 0.3 is 5.97 Å². The van der Waals surface area contributed by atoms with E-state index in [0.29, 0.717) is 0 Å². The minimum atomic E-state index is -3.56. The number of esters is 1. The summed E-state index contributed by atoms with van der Waals surface area (Å²) in [6.45, 7) is 4.91. The minimum Gasteiger partial charge on any atom is -0.460 e. The fourth-order valence-electron chi connectivity index (χ4n) is 1.35. The van der Waals surface area contributed by atoms with Gasteiger partial charge in [-0.05, 0) is 20.8 Å². The van der Waals surface area contributed by atoms with Crippen LogP contribution in [0.1, 0.15) is 33.6 Å². The Labute approximate surface area is 119 Å². The van der Waals surface area contributed by atoms with Gasteiger partial charge in [0.1, 0.15) is 18.1 Å². The molecule has 0 aliphatic carbocycles. The molecular formula is C12H22O7S. The molecule has 0 heterocycles. The highest BCUT2D eigenvalue weighted by atomic mass is 32.2. The summed E-state index contributed by atoms with van der Waals surface area (Å²) in [6.07, 6.45) is -0.360. The van der Waals surface area contributed by atoms with Crippen molar-refractivity contribution in [3.8, 4) is 0 Å². The van der Waals surface area contributed by atoms with Crippen molar-refractivity contribution in [3.63, 3.8) is 0 Å². The van der Waals surface area contributed by atoms with E-state index in [2.05, 4.69) is 4.18 Å². The van der Waals surface area contributed by atoms with Crippen molar-refractivity contribution < 1.29 is 31.7 Å². The number of rotatable bonds is 8. The second-order valence-corrected chi connectivity index (χ2v) is 6.91. The lowest BCUT2D eigenvalue weighted by Gasteiger charge is -2.20. The molecule has 0 aromatic rings. The second kappa shape index (κ2) is 7.70. The van der Waals surface area contributed by atoms with Gasteiger partial charge in [-0.1, -0.05) is 0 Å². The smallest absolute Gasteiger partial charge is 0.313 e. The van der Waals surface area contributed by atoms with Crippen LogP contribution >= 0.6 is 0 Å². The summed E-state index contributed by atoms with van der Waals surface area (Å²) in [5.74, 6) is -1.12. The SMILES string of the molecule is COC(CCOS(C)(=O)=O)C(=O)CC(=O)OC(C)(C)C. The lowest BCUT2D eigenvalue weighted by Crippen LogP contribution is -2.31. The third-order valence-corrected chi connectivity index (χ3v) is 2.65. The molecule has 118 valence electrons. The van der Waals surface area contributed by atoms with Gasteiger partial charge in [0.05, 0.1) is 12.9 Å². The van der Waals surface area contributed by atoms with E-state index in [-0.39, 0.29) is 13.0 Å². The first-order chi connectivity index (χ1) is 8.94. The van der Waals surface area contributed by atoms with Gasteiger partial charge < -0.3 is 9.47 Å². The number of carbonyl (C=O) groups is 2. The molecule has 0 bridgehead atoms. The molecule has 0 aromatic carbocycles. The summed E-state index contributed by atoms with van der Waals surface area (Å²) in [7, 11) is -2.26. The predicted octanol–water partition coefficient (Wildman–Crippen LogP) is 0.669. The molecule has 0 fully saturated rings. The first-order valence-electron chi connectivity index (χ1n) is 6.06. The first kappa shape index (κ1) is 19.0. The number of hydrogen-bond donors (Lipinski definition) is 0. The van der Waals surface area contributed by atoms with Gasteiger partial charge in [0, 0.05) is 13.5 Å². The highest BCUT2D eigenvalue weighted by Crippen LogP contribution is 2.10. The average Bonchev–Trinajstić information content (AvgIpc) is 2.19. The van der Waals surface area contributed by atoms with E-state index < -0.39 is 40.0 Å². The second-order valence-electron chi connectivity index (χ2n) is 5.27. The van der Waals surface area contributed by atoms with E-state index in [4.69, 9.17) is 9.47 Å². The molecule has 0 saturated heterocycles. The van der Waals surface area contributed by atoms with Crippen molar-refractivity contribution in [2.24, 2.45) is 0 Å². The molecular weight excluding hydrogens is 288 g/mol. The maximum absolute atomic E-state index is 11.8. The Hall–Kier alpha value is -0.990. The molecule has 0 rings (SSSR count). The van der Waals surface area contributed by atoms with Crippen molar-refractivity contribution in [3.05, 3.63) is 0 Å². The summed E-state index contributed by atoms with van der Waals surface area (Å²) < 4.78 is 36.0. The molecule has 0 aliphatic heterocycles. The quantitative estimate of drug-likeness (QED) is 0.369. The third-order valence-electron chi connectivity index (χ3n) is 2.06. The van der Waals surface area contributed by atoms with Crippen molar-refractivity contribution >= 4 is 21.9 Å². The first-order valence-corrected chi connectivity index (χ1v) is 7.88. The highest BCUT2D eigenvalue weighted by Gasteiger charge is 2.24. The van der Waals surface area contributed by atoms with Gasteiger partial charge in [0.15, 0.2) is 5.78 Å². The number of methoxy groups -OCH3 is 1. The van der Waals surface area contributed by atoms with Gasteiger partial charge in [-0.25, -0.2) is 0 Å². The zero-order chi connectivity index (χ0) is 16.0. The standard InChI is InChI=1S/C12H22O7S/c1-12(2,3)19-11(14)8-9(13)10(17-4)6-7-18-20(5,15)16/h10H,6-8H2,1-5H3. The average molecular weight is 310 g/mol. The number of carbonyl (C=O) groups excluding carboxylic acids is 2. The Morgan fingerprint density at radius 3 is 2.15 bits per heavy atom. The van der Waals surface area contributed by atoms with Crippen molar-refractivity contribution in [1.82, 2.24) is 0 Å². The number of Topliss-reactive ketones (excluding diaryl/α,β-unsaturated/α-hetero) is 1. The van der Waals surface area contributed by atoms with Gasteiger partial charge in [-0.3, -0.25) is 13.8 Å². The van der Waals surface area contributed by atoms with Crippen molar-refractivity contribution in [2.45, 2.75) is 45.3 Å². The van der Waals surface area contributed by atoms with Crippen LogP contribution in [-0.4, -0.2) is 51.8 Å². The summed E-state index contributed by atoms with van der Waals surface area (Å²) in [5.41, 5.74) is -0.667. The lowest BCUT2D eigenvalue weighted by molar-refractivity contribution is -0.157. The Morgan fingerprint density at radius 2 is 1.75 bits per heavy atom. The Balaban J connectivity index is 4.31. The monoisotopic (exact) mass is 310 g/mol. The van der Waals surface area contributed by atoms with E-state index in [1.54, 1.807) is 20.8 Å². The van der Waals surface area contributed by atoms with E-state index in [0.717, 1.165) is 6.26 Å². The van der Waals surface area contributed by atoms with Crippen LogP contribution in [0.4, 0.5) is 0 Å². The van der Waals surface area contributed by atoms with Gasteiger partial charge in [0.25, 0.3) is 10.1 Å². The van der Waals surface area contributed by atoms with Crippen LogP contribution < -0.4 is 0 Å². The van der Waals surface area contributed by atoms with Gasteiger partial charge in [-0.15, -0.1) is 0 Å².